The Morgan fingerprint density at radius 1 is 1.08 bits per heavy atom. The van der Waals surface area contributed by atoms with E-state index in [1.54, 1.807) is 18.3 Å². The van der Waals surface area contributed by atoms with Crippen molar-refractivity contribution in [1.82, 2.24) is 0 Å². The Bertz CT molecular complexity index is 825. The number of nitrogens with zero attached hydrogens (tertiary/aromatic N) is 2. The number of rotatable bonds is 3. The summed E-state index contributed by atoms with van der Waals surface area (Å²) < 4.78 is 0. The van der Waals surface area contributed by atoms with Crippen LogP contribution in [-0.2, 0) is 5.41 Å². The number of fused-ring (bicyclic) bond motifs is 1. The summed E-state index contributed by atoms with van der Waals surface area (Å²) in [5.74, 6) is 0. The number of hydrogen-bond acceptors (Lipinski definition) is 3. The Morgan fingerprint density at radius 3 is 2.54 bits per heavy atom. The van der Waals surface area contributed by atoms with Gasteiger partial charge in [0.2, 0.25) is 0 Å². The number of anilines is 2. The number of nitrogens with one attached hydrogen (secondary N) is 1. The number of hydrogen-bond donors (Lipinski definition) is 1. The van der Waals surface area contributed by atoms with Gasteiger partial charge in [0, 0.05) is 30.1 Å². The normalized spacial score (nSPS) is 17.5. The number of benzene rings is 2. The molecule has 0 spiro atoms. The van der Waals surface area contributed by atoms with E-state index in [9.17, 15) is 0 Å². The summed E-state index contributed by atoms with van der Waals surface area (Å²) in [5, 5.41) is 5.29. The fourth-order valence-corrected chi connectivity index (χ4v) is 3.39. The molecule has 2 aromatic carbocycles. The molecule has 0 atom stereocenters. The van der Waals surface area contributed by atoms with Crippen LogP contribution in [0.15, 0.2) is 59.3 Å². The second-order valence-corrected chi connectivity index (χ2v) is 7.09. The Labute approximate surface area is 152 Å². The number of hydrazone groups is 1. The summed E-state index contributed by atoms with van der Waals surface area (Å²) >= 11 is 11.9. The van der Waals surface area contributed by atoms with Gasteiger partial charge in [-0.15, -0.1) is 0 Å². The highest BCUT2D eigenvalue weighted by molar-refractivity contribution is 6.42. The lowest BCUT2D eigenvalue weighted by Gasteiger charge is -2.23. The van der Waals surface area contributed by atoms with Gasteiger partial charge in [-0.25, -0.2) is 0 Å². The van der Waals surface area contributed by atoms with Gasteiger partial charge < -0.3 is 4.90 Å². The Morgan fingerprint density at radius 2 is 1.83 bits per heavy atom. The van der Waals surface area contributed by atoms with Gasteiger partial charge in [0.25, 0.3) is 0 Å². The lowest BCUT2D eigenvalue weighted by atomic mass is 9.84. The molecule has 0 unspecified atom stereocenters. The molecule has 0 radical (unpaired) electrons. The van der Waals surface area contributed by atoms with Crippen molar-refractivity contribution >= 4 is 40.8 Å². The average molecular weight is 360 g/mol. The molecule has 0 aliphatic carbocycles. The van der Waals surface area contributed by atoms with Crippen LogP contribution < -0.4 is 10.3 Å². The fourth-order valence-electron chi connectivity index (χ4n) is 3.09. The summed E-state index contributed by atoms with van der Waals surface area (Å²) in [4.78, 5) is 2.21. The molecule has 24 heavy (non-hydrogen) atoms. The molecule has 1 aliphatic heterocycles. The molecule has 1 aliphatic rings. The molecule has 3 rings (SSSR count). The first-order valence-corrected chi connectivity index (χ1v) is 8.45. The van der Waals surface area contributed by atoms with E-state index < -0.39 is 0 Å². The minimum absolute atomic E-state index is 0.0546. The zero-order chi connectivity index (χ0) is 17.3. The van der Waals surface area contributed by atoms with Crippen LogP contribution in [0.3, 0.4) is 0 Å². The van der Waals surface area contributed by atoms with Crippen LogP contribution in [0.5, 0.6) is 0 Å². The van der Waals surface area contributed by atoms with Crippen molar-refractivity contribution in [3.8, 4) is 0 Å². The summed E-state index contributed by atoms with van der Waals surface area (Å²) in [6, 6.07) is 13.8. The third-order valence-electron chi connectivity index (χ3n) is 4.36. The van der Waals surface area contributed by atoms with Gasteiger partial charge in [-0.05, 0) is 35.9 Å². The molecular weight excluding hydrogens is 341 g/mol. The van der Waals surface area contributed by atoms with E-state index in [2.05, 4.69) is 60.6 Å². The van der Waals surface area contributed by atoms with Crippen LogP contribution in [0.1, 0.15) is 19.4 Å². The van der Waals surface area contributed by atoms with E-state index in [1.807, 2.05) is 12.1 Å². The SMILES string of the molecule is CN1/C(=C\C=N/Nc2ccc(Cl)c(Cl)c2)C(C)(C)c2ccccc21. The van der Waals surface area contributed by atoms with Crippen LogP contribution in [0, 0.1) is 0 Å². The molecule has 124 valence electrons. The van der Waals surface area contributed by atoms with E-state index >= 15 is 0 Å². The van der Waals surface area contributed by atoms with Crippen molar-refractivity contribution in [3.05, 3.63) is 69.8 Å². The molecule has 0 amide bonds. The Kier molecular flexibility index (Phi) is 4.57. The molecule has 5 heteroatoms. The highest BCUT2D eigenvalue weighted by atomic mass is 35.5. The molecule has 1 N–H and O–H groups in total. The second kappa shape index (κ2) is 6.50. The van der Waals surface area contributed by atoms with Crippen molar-refractivity contribution in [2.45, 2.75) is 19.3 Å². The maximum atomic E-state index is 6.00. The zero-order valence-electron chi connectivity index (χ0n) is 13.8. The highest BCUT2D eigenvalue weighted by Gasteiger charge is 2.37. The lowest BCUT2D eigenvalue weighted by Crippen LogP contribution is -2.23. The topological polar surface area (TPSA) is 27.6 Å². The number of allylic oxidation sites excluding steroid dienone is 2. The second-order valence-electron chi connectivity index (χ2n) is 6.27. The van der Waals surface area contributed by atoms with E-state index in [0.717, 1.165) is 5.69 Å². The van der Waals surface area contributed by atoms with Gasteiger partial charge in [0.15, 0.2) is 0 Å². The van der Waals surface area contributed by atoms with Gasteiger partial charge in [-0.1, -0.05) is 55.2 Å². The van der Waals surface area contributed by atoms with Crippen LogP contribution in [0.2, 0.25) is 10.0 Å². The lowest BCUT2D eigenvalue weighted by molar-refractivity contribution is 0.641. The number of para-hydroxylation sites is 1. The molecule has 0 saturated carbocycles. The Balaban J connectivity index is 1.78. The molecular formula is C19H19Cl2N3. The average Bonchev–Trinajstić information content (AvgIpc) is 2.75. The summed E-state index contributed by atoms with van der Waals surface area (Å²) in [7, 11) is 2.08. The van der Waals surface area contributed by atoms with E-state index in [4.69, 9.17) is 23.2 Å². The van der Waals surface area contributed by atoms with Crippen molar-refractivity contribution in [2.24, 2.45) is 5.10 Å². The van der Waals surface area contributed by atoms with Crippen LogP contribution in [0.25, 0.3) is 0 Å². The minimum atomic E-state index is -0.0546. The first-order chi connectivity index (χ1) is 11.4. The summed E-state index contributed by atoms with van der Waals surface area (Å²) in [6.07, 6.45) is 3.80. The first kappa shape index (κ1) is 16.9. The molecule has 2 aromatic rings. The third-order valence-corrected chi connectivity index (χ3v) is 5.10. The van der Waals surface area contributed by atoms with E-state index in [0.29, 0.717) is 10.0 Å². The predicted molar refractivity (Wildman–Crippen MR) is 105 cm³/mol. The third kappa shape index (κ3) is 3.02. The standard InChI is InChI=1S/C19H19Cl2N3/c1-19(2)14-6-4-5-7-17(14)24(3)18(19)10-11-22-23-13-8-9-15(20)16(21)12-13/h4-12,23H,1-3H3/b18-10-,22-11-. The quantitative estimate of drug-likeness (QED) is 0.561. The van der Waals surface area contributed by atoms with Crippen molar-refractivity contribution in [1.29, 1.82) is 0 Å². The van der Waals surface area contributed by atoms with Crippen molar-refractivity contribution in [3.63, 3.8) is 0 Å². The molecule has 1 heterocycles. The van der Waals surface area contributed by atoms with Crippen LogP contribution in [-0.4, -0.2) is 13.3 Å². The van der Waals surface area contributed by atoms with Crippen LogP contribution in [0.4, 0.5) is 11.4 Å². The summed E-state index contributed by atoms with van der Waals surface area (Å²) in [6.45, 7) is 4.45. The highest BCUT2D eigenvalue weighted by Crippen LogP contribution is 2.46. The fraction of sp³-hybridized carbons (Fsp3) is 0.211. The van der Waals surface area contributed by atoms with E-state index in [1.165, 1.54) is 16.9 Å². The molecule has 0 saturated heterocycles. The van der Waals surface area contributed by atoms with Crippen LogP contribution >= 0.6 is 23.2 Å². The van der Waals surface area contributed by atoms with Crippen molar-refractivity contribution in [2.75, 3.05) is 17.4 Å². The van der Waals surface area contributed by atoms with Gasteiger partial charge in [0.1, 0.15) is 0 Å². The maximum Gasteiger partial charge on any atom is 0.0613 e. The minimum Gasteiger partial charge on any atom is -0.347 e. The first-order valence-electron chi connectivity index (χ1n) is 7.69. The smallest absolute Gasteiger partial charge is 0.0613 e. The predicted octanol–water partition coefficient (Wildman–Crippen LogP) is 5.70. The zero-order valence-corrected chi connectivity index (χ0v) is 15.4. The Hall–Kier alpha value is -1.97. The molecule has 3 nitrogen and oxygen atoms in total. The largest absolute Gasteiger partial charge is 0.347 e. The van der Waals surface area contributed by atoms with Gasteiger partial charge >= 0.3 is 0 Å². The maximum absolute atomic E-state index is 6.00. The molecule has 0 aromatic heterocycles. The van der Waals surface area contributed by atoms with E-state index in [-0.39, 0.29) is 5.41 Å². The van der Waals surface area contributed by atoms with Gasteiger partial charge in [-0.3, -0.25) is 5.43 Å². The number of halogens is 2. The van der Waals surface area contributed by atoms with Gasteiger partial charge in [0.05, 0.1) is 15.7 Å². The molecule has 0 fully saturated rings. The summed E-state index contributed by atoms with van der Waals surface area (Å²) in [5.41, 5.74) is 7.46. The number of likely N-dealkylation sites (N-methyl/N-ethyl adjacent to an activating group) is 1. The van der Waals surface area contributed by atoms with Crippen molar-refractivity contribution < 1.29 is 0 Å². The molecule has 0 bridgehead atoms. The monoisotopic (exact) mass is 359 g/mol. The van der Waals surface area contributed by atoms with Gasteiger partial charge in [-0.2, -0.15) is 5.10 Å².